The third-order valence-electron chi connectivity index (χ3n) is 3.38. The van der Waals surface area contributed by atoms with E-state index in [1.165, 1.54) is 12.8 Å². The lowest BCUT2D eigenvalue weighted by molar-refractivity contribution is -0.170. The first-order valence-electron chi connectivity index (χ1n) is 6.86. The Labute approximate surface area is 114 Å². The number of ether oxygens (including phenoxy) is 2. The number of carbonyl (C=O) groups is 1. The van der Waals surface area contributed by atoms with E-state index in [2.05, 4.69) is 5.32 Å². The molecule has 1 fully saturated rings. The maximum atomic E-state index is 10.5. The zero-order chi connectivity index (χ0) is 13.3. The summed E-state index contributed by atoms with van der Waals surface area (Å²) in [5, 5.41) is 3.43. The van der Waals surface area contributed by atoms with Crippen LogP contribution in [0.5, 0.6) is 0 Å². The standard InChI is InChI=1S/C15H21NO3/c17-12-19-15(10-14-8-4-5-9-16-14)18-11-13-6-2-1-3-7-13/h1-3,6-7,12,14-16H,4-5,8-11H2. The lowest BCUT2D eigenvalue weighted by atomic mass is 10.0. The maximum absolute atomic E-state index is 10.5. The van der Waals surface area contributed by atoms with Gasteiger partial charge >= 0.3 is 0 Å². The molecule has 2 atom stereocenters. The second kappa shape index (κ2) is 7.92. The lowest BCUT2D eigenvalue weighted by Crippen LogP contribution is -2.38. The highest BCUT2D eigenvalue weighted by Gasteiger charge is 2.19. The van der Waals surface area contributed by atoms with Gasteiger partial charge < -0.3 is 14.8 Å². The quantitative estimate of drug-likeness (QED) is 0.605. The summed E-state index contributed by atoms with van der Waals surface area (Å²) in [5.41, 5.74) is 1.08. The number of carbonyl (C=O) groups excluding carboxylic acids is 1. The molecule has 1 aliphatic rings. The molecule has 4 heteroatoms. The molecule has 2 unspecified atom stereocenters. The van der Waals surface area contributed by atoms with Gasteiger partial charge in [0.15, 0.2) is 0 Å². The predicted octanol–water partition coefficient (Wildman–Crippen LogP) is 2.23. The fourth-order valence-corrected chi connectivity index (χ4v) is 2.35. The molecule has 0 saturated carbocycles. The van der Waals surface area contributed by atoms with E-state index in [9.17, 15) is 4.79 Å². The minimum Gasteiger partial charge on any atom is -0.438 e. The van der Waals surface area contributed by atoms with Crippen LogP contribution in [0, 0.1) is 0 Å². The highest BCUT2D eigenvalue weighted by atomic mass is 16.7. The van der Waals surface area contributed by atoms with Crippen molar-refractivity contribution >= 4 is 6.47 Å². The van der Waals surface area contributed by atoms with Crippen LogP contribution in [0.3, 0.4) is 0 Å². The van der Waals surface area contributed by atoms with Gasteiger partial charge in [0.05, 0.1) is 6.61 Å². The summed E-state index contributed by atoms with van der Waals surface area (Å²) >= 11 is 0. The molecule has 1 aliphatic heterocycles. The molecular weight excluding hydrogens is 242 g/mol. The smallest absolute Gasteiger partial charge is 0.295 e. The molecule has 1 aromatic rings. The zero-order valence-corrected chi connectivity index (χ0v) is 11.1. The highest BCUT2D eigenvalue weighted by molar-refractivity contribution is 5.37. The number of piperidine rings is 1. The average molecular weight is 263 g/mol. The molecular formula is C15H21NO3. The van der Waals surface area contributed by atoms with E-state index in [4.69, 9.17) is 9.47 Å². The molecule has 2 rings (SSSR count). The molecule has 19 heavy (non-hydrogen) atoms. The van der Waals surface area contributed by atoms with Gasteiger partial charge in [-0.3, -0.25) is 4.79 Å². The molecule has 1 heterocycles. The Morgan fingerprint density at radius 3 is 2.84 bits per heavy atom. The van der Waals surface area contributed by atoms with Crippen molar-refractivity contribution < 1.29 is 14.3 Å². The zero-order valence-electron chi connectivity index (χ0n) is 11.1. The summed E-state index contributed by atoms with van der Waals surface area (Å²) in [5.74, 6) is 0. The van der Waals surface area contributed by atoms with E-state index < -0.39 is 6.29 Å². The molecule has 1 N–H and O–H groups in total. The Balaban J connectivity index is 1.79. The summed E-state index contributed by atoms with van der Waals surface area (Å²) in [4.78, 5) is 10.5. The summed E-state index contributed by atoms with van der Waals surface area (Å²) in [7, 11) is 0. The summed E-state index contributed by atoms with van der Waals surface area (Å²) in [6.07, 6.45) is 3.82. The van der Waals surface area contributed by atoms with E-state index in [1.807, 2.05) is 30.3 Å². The Hall–Kier alpha value is -1.39. The Morgan fingerprint density at radius 1 is 1.32 bits per heavy atom. The molecule has 0 aromatic heterocycles. The Morgan fingerprint density at radius 2 is 2.16 bits per heavy atom. The van der Waals surface area contributed by atoms with Crippen LogP contribution in [0.1, 0.15) is 31.2 Å². The van der Waals surface area contributed by atoms with E-state index in [0.29, 0.717) is 25.5 Å². The Kier molecular flexibility index (Phi) is 5.85. The molecule has 104 valence electrons. The molecule has 0 spiro atoms. The fourth-order valence-electron chi connectivity index (χ4n) is 2.35. The molecule has 0 amide bonds. The molecule has 0 radical (unpaired) electrons. The maximum Gasteiger partial charge on any atom is 0.295 e. The monoisotopic (exact) mass is 263 g/mol. The molecule has 1 aromatic carbocycles. The highest BCUT2D eigenvalue weighted by Crippen LogP contribution is 2.15. The second-order valence-electron chi connectivity index (χ2n) is 4.84. The second-order valence-corrected chi connectivity index (χ2v) is 4.84. The van der Waals surface area contributed by atoms with E-state index in [-0.39, 0.29) is 0 Å². The van der Waals surface area contributed by atoms with Crippen molar-refractivity contribution in [1.29, 1.82) is 0 Å². The minimum atomic E-state index is -0.465. The van der Waals surface area contributed by atoms with Gasteiger partial charge in [-0.05, 0) is 24.9 Å². The first-order valence-corrected chi connectivity index (χ1v) is 6.86. The minimum absolute atomic E-state index is 0.384. The van der Waals surface area contributed by atoms with Gasteiger partial charge in [-0.1, -0.05) is 36.8 Å². The summed E-state index contributed by atoms with van der Waals surface area (Å²) in [6.45, 7) is 1.97. The van der Waals surface area contributed by atoms with E-state index in [1.54, 1.807) is 0 Å². The molecule has 0 bridgehead atoms. The van der Waals surface area contributed by atoms with Crippen molar-refractivity contribution in [2.75, 3.05) is 6.54 Å². The van der Waals surface area contributed by atoms with Crippen LogP contribution in [-0.4, -0.2) is 25.3 Å². The van der Waals surface area contributed by atoms with Gasteiger partial charge in [-0.25, -0.2) is 0 Å². The fraction of sp³-hybridized carbons (Fsp3) is 0.533. The van der Waals surface area contributed by atoms with Gasteiger partial charge in [0.2, 0.25) is 6.29 Å². The van der Waals surface area contributed by atoms with Crippen LogP contribution in [0.2, 0.25) is 0 Å². The van der Waals surface area contributed by atoms with Gasteiger partial charge in [0.1, 0.15) is 0 Å². The summed E-state index contributed by atoms with van der Waals surface area (Å²) < 4.78 is 10.7. The van der Waals surface area contributed by atoms with Gasteiger partial charge in [-0.15, -0.1) is 0 Å². The normalized spacial score (nSPS) is 20.7. The van der Waals surface area contributed by atoms with Crippen molar-refractivity contribution in [2.45, 2.75) is 44.6 Å². The third kappa shape index (κ3) is 5.01. The van der Waals surface area contributed by atoms with Crippen molar-refractivity contribution in [3.05, 3.63) is 35.9 Å². The molecule has 4 nitrogen and oxygen atoms in total. The van der Waals surface area contributed by atoms with Gasteiger partial charge in [0, 0.05) is 12.5 Å². The lowest BCUT2D eigenvalue weighted by Gasteiger charge is -2.26. The van der Waals surface area contributed by atoms with E-state index >= 15 is 0 Å². The number of nitrogens with one attached hydrogen (secondary N) is 1. The van der Waals surface area contributed by atoms with E-state index in [0.717, 1.165) is 18.5 Å². The van der Waals surface area contributed by atoms with Crippen LogP contribution in [-0.2, 0) is 20.9 Å². The van der Waals surface area contributed by atoms with Crippen LogP contribution in [0.4, 0.5) is 0 Å². The number of hydrogen-bond acceptors (Lipinski definition) is 4. The number of hydrogen-bond donors (Lipinski definition) is 1. The topological polar surface area (TPSA) is 47.6 Å². The SMILES string of the molecule is O=COC(CC1CCCCN1)OCc1ccccc1. The van der Waals surface area contributed by atoms with Crippen molar-refractivity contribution in [2.24, 2.45) is 0 Å². The van der Waals surface area contributed by atoms with Crippen molar-refractivity contribution in [3.8, 4) is 0 Å². The van der Waals surface area contributed by atoms with Crippen molar-refractivity contribution in [1.82, 2.24) is 5.32 Å². The molecule has 0 aliphatic carbocycles. The largest absolute Gasteiger partial charge is 0.438 e. The van der Waals surface area contributed by atoms with Crippen LogP contribution in [0.15, 0.2) is 30.3 Å². The van der Waals surface area contributed by atoms with Crippen molar-refractivity contribution in [3.63, 3.8) is 0 Å². The number of benzene rings is 1. The first kappa shape index (κ1) is 14.0. The first-order chi connectivity index (χ1) is 9.38. The van der Waals surface area contributed by atoms with Crippen LogP contribution < -0.4 is 5.32 Å². The third-order valence-corrected chi connectivity index (χ3v) is 3.38. The number of rotatable bonds is 7. The van der Waals surface area contributed by atoms with Crippen LogP contribution in [0.25, 0.3) is 0 Å². The molecule has 1 saturated heterocycles. The predicted molar refractivity (Wildman–Crippen MR) is 72.4 cm³/mol. The van der Waals surface area contributed by atoms with Gasteiger partial charge in [0.25, 0.3) is 6.47 Å². The van der Waals surface area contributed by atoms with Gasteiger partial charge in [-0.2, -0.15) is 0 Å². The summed E-state index contributed by atoms with van der Waals surface area (Å²) in [6, 6.07) is 10.3. The Bertz CT molecular complexity index is 363. The average Bonchev–Trinajstić information content (AvgIpc) is 2.47. The van der Waals surface area contributed by atoms with Crippen LogP contribution >= 0.6 is 0 Å².